The van der Waals surface area contributed by atoms with Gasteiger partial charge in [0.25, 0.3) is 5.56 Å². The summed E-state index contributed by atoms with van der Waals surface area (Å²) in [5, 5.41) is 6.57. The second-order valence-corrected chi connectivity index (χ2v) is 6.71. The lowest BCUT2D eigenvalue weighted by molar-refractivity contribution is -0.115. The molecule has 0 saturated heterocycles. The zero-order valence-corrected chi connectivity index (χ0v) is 16.3. The van der Waals surface area contributed by atoms with Crippen LogP contribution in [0.3, 0.4) is 0 Å². The first kappa shape index (κ1) is 19.6. The number of nitrogens with one attached hydrogen (secondary N) is 3. The van der Waals surface area contributed by atoms with Crippen molar-refractivity contribution in [3.8, 4) is 11.4 Å². The smallest absolute Gasteiger partial charge is 0.251 e. The monoisotopic (exact) mass is 397 g/mol. The predicted molar refractivity (Wildman–Crippen MR) is 111 cm³/mol. The summed E-state index contributed by atoms with van der Waals surface area (Å²) in [6.07, 6.45) is 1.90. The third-order valence-corrected chi connectivity index (χ3v) is 4.52. The molecular formula is C20H20ClN5O2. The molecule has 0 fully saturated rings. The van der Waals surface area contributed by atoms with Crippen LogP contribution in [0, 0.1) is 13.8 Å². The van der Waals surface area contributed by atoms with Crippen molar-refractivity contribution in [2.75, 3.05) is 17.2 Å². The van der Waals surface area contributed by atoms with E-state index in [0.717, 1.165) is 5.56 Å². The van der Waals surface area contributed by atoms with Crippen molar-refractivity contribution in [1.29, 1.82) is 0 Å². The molecule has 1 amide bonds. The second kappa shape index (κ2) is 8.67. The third-order valence-electron chi connectivity index (χ3n) is 4.11. The van der Waals surface area contributed by atoms with Crippen molar-refractivity contribution >= 4 is 29.0 Å². The van der Waals surface area contributed by atoms with Gasteiger partial charge < -0.3 is 15.6 Å². The number of halogens is 1. The lowest BCUT2D eigenvalue weighted by Gasteiger charge is -2.10. The van der Waals surface area contributed by atoms with Crippen LogP contribution in [0.5, 0.6) is 0 Å². The third kappa shape index (κ3) is 4.95. The van der Waals surface area contributed by atoms with Gasteiger partial charge in [0.1, 0.15) is 11.6 Å². The Balaban J connectivity index is 1.54. The molecule has 0 atom stereocenters. The molecule has 0 aliphatic rings. The number of anilines is 2. The molecule has 3 rings (SSSR count). The Kier molecular flexibility index (Phi) is 6.06. The van der Waals surface area contributed by atoms with E-state index in [-0.39, 0.29) is 17.9 Å². The first-order valence-electron chi connectivity index (χ1n) is 8.75. The molecule has 3 N–H and O–H groups in total. The molecule has 0 bridgehead atoms. The van der Waals surface area contributed by atoms with E-state index in [1.807, 2.05) is 19.1 Å². The molecule has 0 radical (unpaired) electrons. The van der Waals surface area contributed by atoms with Gasteiger partial charge in [0.05, 0.1) is 0 Å². The van der Waals surface area contributed by atoms with E-state index in [2.05, 4.69) is 25.6 Å². The van der Waals surface area contributed by atoms with Gasteiger partial charge in [0.2, 0.25) is 5.91 Å². The first-order chi connectivity index (χ1) is 13.4. The van der Waals surface area contributed by atoms with Gasteiger partial charge in [-0.05, 0) is 43.7 Å². The number of amides is 1. The highest BCUT2D eigenvalue weighted by atomic mass is 35.5. The molecule has 7 nitrogen and oxygen atoms in total. The predicted octanol–water partition coefficient (Wildman–Crippen LogP) is 3.54. The van der Waals surface area contributed by atoms with Gasteiger partial charge in [-0.25, -0.2) is 9.97 Å². The Morgan fingerprint density at radius 1 is 1.21 bits per heavy atom. The summed E-state index contributed by atoms with van der Waals surface area (Å²) in [4.78, 5) is 34.9. The van der Waals surface area contributed by atoms with Crippen molar-refractivity contribution in [3.05, 3.63) is 69.2 Å². The van der Waals surface area contributed by atoms with E-state index >= 15 is 0 Å². The van der Waals surface area contributed by atoms with E-state index in [4.69, 9.17) is 11.6 Å². The number of aryl methyl sites for hydroxylation is 1. The molecule has 3 aromatic rings. The molecule has 2 heterocycles. The molecule has 2 aromatic heterocycles. The van der Waals surface area contributed by atoms with Gasteiger partial charge in [-0.1, -0.05) is 17.7 Å². The van der Waals surface area contributed by atoms with Crippen LogP contribution in [0.25, 0.3) is 11.4 Å². The maximum atomic E-state index is 12.1. The number of H-pyrrole nitrogens is 1. The molecule has 8 heteroatoms. The Hall–Kier alpha value is -3.19. The van der Waals surface area contributed by atoms with Gasteiger partial charge in [-0.15, -0.1) is 0 Å². The maximum absolute atomic E-state index is 12.1. The van der Waals surface area contributed by atoms with Crippen LogP contribution < -0.4 is 16.2 Å². The number of hydrogen-bond acceptors (Lipinski definition) is 5. The summed E-state index contributed by atoms with van der Waals surface area (Å²) in [7, 11) is 0. The highest BCUT2D eigenvalue weighted by Crippen LogP contribution is 2.23. The molecule has 28 heavy (non-hydrogen) atoms. The van der Waals surface area contributed by atoms with Gasteiger partial charge in [0.15, 0.2) is 0 Å². The fraction of sp³-hybridized carbons (Fsp3) is 0.200. The standard InChI is InChI=1S/C20H20ClN5O2/c1-12-10-19(28)26-20(24-12)14-6-7-17(23-11-14)22-9-8-18(27)25-16-5-3-4-15(21)13(16)2/h3-7,10-11H,8-9H2,1-2H3,(H,22,23)(H,25,27)(H,24,26,28). The van der Waals surface area contributed by atoms with Crippen molar-refractivity contribution in [3.63, 3.8) is 0 Å². The summed E-state index contributed by atoms with van der Waals surface area (Å²) in [5.41, 5.74) is 2.69. The van der Waals surface area contributed by atoms with Crippen molar-refractivity contribution in [2.24, 2.45) is 0 Å². The van der Waals surface area contributed by atoms with Gasteiger partial charge in [-0.2, -0.15) is 0 Å². The summed E-state index contributed by atoms with van der Waals surface area (Å²) >= 11 is 6.06. The SMILES string of the molecule is Cc1cc(=O)[nH]c(-c2ccc(NCCC(=O)Nc3cccc(Cl)c3C)nc2)n1. The Morgan fingerprint density at radius 3 is 2.75 bits per heavy atom. The molecule has 0 aliphatic heterocycles. The summed E-state index contributed by atoms with van der Waals surface area (Å²) in [6.45, 7) is 4.05. The lowest BCUT2D eigenvalue weighted by atomic mass is 10.2. The van der Waals surface area contributed by atoms with Crippen LogP contribution >= 0.6 is 11.6 Å². The molecule has 0 aliphatic carbocycles. The molecule has 0 unspecified atom stereocenters. The summed E-state index contributed by atoms with van der Waals surface area (Å²) in [5.74, 6) is 0.988. The Labute approximate surface area is 167 Å². The number of nitrogens with zero attached hydrogens (tertiary/aromatic N) is 2. The van der Waals surface area contributed by atoms with Crippen molar-refractivity contribution in [2.45, 2.75) is 20.3 Å². The number of rotatable bonds is 6. The number of aromatic amines is 1. The topological polar surface area (TPSA) is 99.8 Å². The zero-order valence-electron chi connectivity index (χ0n) is 15.5. The van der Waals surface area contributed by atoms with Crippen molar-refractivity contribution < 1.29 is 4.79 Å². The van der Waals surface area contributed by atoms with Crippen molar-refractivity contribution in [1.82, 2.24) is 15.0 Å². The normalized spacial score (nSPS) is 10.5. The molecule has 1 aromatic carbocycles. The minimum atomic E-state index is -0.203. The van der Waals surface area contributed by atoms with Crippen LogP contribution in [0.2, 0.25) is 5.02 Å². The van der Waals surface area contributed by atoms with E-state index in [9.17, 15) is 9.59 Å². The summed E-state index contributed by atoms with van der Waals surface area (Å²) in [6, 6.07) is 10.4. The summed E-state index contributed by atoms with van der Waals surface area (Å²) < 4.78 is 0. The lowest BCUT2D eigenvalue weighted by Crippen LogP contribution is -2.17. The molecule has 144 valence electrons. The fourth-order valence-electron chi connectivity index (χ4n) is 2.61. The van der Waals surface area contributed by atoms with E-state index in [1.165, 1.54) is 6.07 Å². The van der Waals surface area contributed by atoms with Gasteiger partial charge in [0, 0.05) is 47.2 Å². The number of carbonyl (C=O) groups excluding carboxylic acids is 1. The van der Waals surface area contributed by atoms with E-state index in [0.29, 0.717) is 40.2 Å². The quantitative estimate of drug-likeness (QED) is 0.590. The molecule has 0 saturated carbocycles. The number of benzene rings is 1. The molecule has 0 spiro atoms. The number of aromatic nitrogens is 3. The average Bonchev–Trinajstić information content (AvgIpc) is 2.65. The average molecular weight is 398 g/mol. The van der Waals surface area contributed by atoms with E-state index < -0.39 is 0 Å². The minimum absolute atomic E-state index is 0.115. The van der Waals surface area contributed by atoms with Crippen LogP contribution in [0.1, 0.15) is 17.7 Å². The Bertz CT molecular complexity index is 1050. The highest BCUT2D eigenvalue weighted by Gasteiger charge is 2.07. The van der Waals surface area contributed by atoms with Crippen LogP contribution in [0.15, 0.2) is 47.4 Å². The van der Waals surface area contributed by atoms with E-state index in [1.54, 1.807) is 31.3 Å². The first-order valence-corrected chi connectivity index (χ1v) is 9.13. The largest absolute Gasteiger partial charge is 0.370 e. The highest BCUT2D eigenvalue weighted by molar-refractivity contribution is 6.31. The van der Waals surface area contributed by atoms with Crippen LogP contribution in [-0.4, -0.2) is 27.4 Å². The van der Waals surface area contributed by atoms with Crippen LogP contribution in [-0.2, 0) is 4.79 Å². The number of hydrogen-bond donors (Lipinski definition) is 3. The second-order valence-electron chi connectivity index (χ2n) is 6.30. The minimum Gasteiger partial charge on any atom is -0.370 e. The maximum Gasteiger partial charge on any atom is 0.251 e. The fourth-order valence-corrected chi connectivity index (χ4v) is 2.79. The van der Waals surface area contributed by atoms with Crippen LogP contribution in [0.4, 0.5) is 11.5 Å². The number of carbonyl (C=O) groups is 1. The number of pyridine rings is 1. The Morgan fingerprint density at radius 2 is 2.04 bits per heavy atom. The van der Waals surface area contributed by atoms with Gasteiger partial charge in [-0.3, -0.25) is 9.59 Å². The molecular weight excluding hydrogens is 378 g/mol. The van der Waals surface area contributed by atoms with Gasteiger partial charge >= 0.3 is 0 Å². The zero-order chi connectivity index (χ0) is 20.1.